The SMILES string of the molecule is CSc1ccc(N(C)C(=O)C2CC23CCNCC3)cc1. The minimum atomic E-state index is 0.245. The van der Waals surface area contributed by atoms with Gasteiger partial charge in [-0.1, -0.05) is 0 Å². The Bertz CT molecular complexity index is 494. The lowest BCUT2D eigenvalue weighted by Gasteiger charge is -2.25. The summed E-state index contributed by atoms with van der Waals surface area (Å²) in [5.74, 6) is 0.540. The fourth-order valence-corrected chi connectivity index (χ4v) is 3.75. The van der Waals surface area contributed by atoms with Crippen molar-refractivity contribution >= 4 is 23.4 Å². The second-order valence-corrected chi connectivity index (χ2v) is 6.84. The summed E-state index contributed by atoms with van der Waals surface area (Å²) in [6.45, 7) is 2.13. The van der Waals surface area contributed by atoms with E-state index in [2.05, 4.69) is 23.7 Å². The Hall–Kier alpha value is -1.00. The Morgan fingerprint density at radius 3 is 2.55 bits per heavy atom. The van der Waals surface area contributed by atoms with Crippen LogP contribution in [0.15, 0.2) is 29.2 Å². The highest BCUT2D eigenvalue weighted by atomic mass is 32.2. The summed E-state index contributed by atoms with van der Waals surface area (Å²) in [4.78, 5) is 15.7. The van der Waals surface area contributed by atoms with Crippen LogP contribution < -0.4 is 10.2 Å². The van der Waals surface area contributed by atoms with Gasteiger partial charge >= 0.3 is 0 Å². The molecule has 4 heteroatoms. The Morgan fingerprint density at radius 1 is 1.30 bits per heavy atom. The maximum Gasteiger partial charge on any atom is 0.230 e. The summed E-state index contributed by atoms with van der Waals surface area (Å²) in [5.41, 5.74) is 1.32. The minimum absolute atomic E-state index is 0.245. The van der Waals surface area contributed by atoms with Crippen molar-refractivity contribution in [3.8, 4) is 0 Å². The molecule has 2 fully saturated rings. The number of piperidine rings is 1. The Balaban J connectivity index is 1.68. The molecule has 2 aliphatic rings. The van der Waals surface area contributed by atoms with Crippen LogP contribution in [0.1, 0.15) is 19.3 Å². The third kappa shape index (κ3) is 2.47. The molecule has 3 nitrogen and oxygen atoms in total. The van der Waals surface area contributed by atoms with Gasteiger partial charge in [0, 0.05) is 23.5 Å². The monoisotopic (exact) mass is 290 g/mol. The summed E-state index contributed by atoms with van der Waals surface area (Å²) in [6.07, 6.45) is 5.46. The van der Waals surface area contributed by atoms with Crippen LogP contribution in [-0.4, -0.2) is 32.3 Å². The predicted molar refractivity (Wildman–Crippen MR) is 84.3 cm³/mol. The van der Waals surface area contributed by atoms with Crippen molar-refractivity contribution in [2.75, 3.05) is 31.3 Å². The minimum Gasteiger partial charge on any atom is -0.317 e. The van der Waals surface area contributed by atoms with Crippen LogP contribution in [0.25, 0.3) is 0 Å². The van der Waals surface area contributed by atoms with Gasteiger partial charge < -0.3 is 10.2 Å². The summed E-state index contributed by atoms with van der Waals surface area (Å²) >= 11 is 1.72. The number of hydrogen-bond donors (Lipinski definition) is 1. The van der Waals surface area contributed by atoms with E-state index < -0.39 is 0 Å². The van der Waals surface area contributed by atoms with Crippen LogP contribution in [0, 0.1) is 11.3 Å². The average molecular weight is 290 g/mol. The van der Waals surface area contributed by atoms with Crippen LogP contribution in [0.4, 0.5) is 5.69 Å². The second kappa shape index (κ2) is 5.41. The van der Waals surface area contributed by atoms with E-state index in [1.54, 1.807) is 11.8 Å². The molecule has 1 saturated heterocycles. The molecule has 0 radical (unpaired) electrons. The van der Waals surface area contributed by atoms with Gasteiger partial charge in [-0.3, -0.25) is 4.79 Å². The molecular weight excluding hydrogens is 268 g/mol. The highest BCUT2D eigenvalue weighted by Gasteiger charge is 2.58. The molecule has 1 heterocycles. The zero-order chi connectivity index (χ0) is 14.2. The number of hydrogen-bond acceptors (Lipinski definition) is 3. The van der Waals surface area contributed by atoms with Crippen molar-refractivity contribution in [1.29, 1.82) is 0 Å². The third-order valence-electron chi connectivity index (χ3n) is 4.88. The van der Waals surface area contributed by atoms with E-state index in [-0.39, 0.29) is 5.92 Å². The number of benzene rings is 1. The highest BCUT2D eigenvalue weighted by Crippen LogP contribution is 2.59. The second-order valence-electron chi connectivity index (χ2n) is 5.96. The zero-order valence-electron chi connectivity index (χ0n) is 12.2. The van der Waals surface area contributed by atoms with Gasteiger partial charge in [0.15, 0.2) is 0 Å². The van der Waals surface area contributed by atoms with Crippen molar-refractivity contribution < 1.29 is 4.79 Å². The summed E-state index contributed by atoms with van der Waals surface area (Å²) in [6, 6.07) is 8.25. The first-order valence-corrected chi connectivity index (χ1v) is 8.51. The lowest BCUT2D eigenvalue weighted by atomic mass is 9.91. The lowest BCUT2D eigenvalue weighted by molar-refractivity contribution is -0.120. The quantitative estimate of drug-likeness (QED) is 0.869. The van der Waals surface area contributed by atoms with Crippen LogP contribution in [-0.2, 0) is 4.79 Å². The molecule has 1 amide bonds. The molecule has 1 aliphatic heterocycles. The van der Waals surface area contributed by atoms with E-state index in [1.165, 1.54) is 4.90 Å². The molecule has 1 atom stereocenters. The van der Waals surface area contributed by atoms with Gasteiger partial charge in [0.1, 0.15) is 0 Å². The number of rotatable bonds is 3. The number of nitrogens with zero attached hydrogens (tertiary/aromatic N) is 1. The molecule has 1 aromatic carbocycles. The van der Waals surface area contributed by atoms with Gasteiger partial charge in [-0.05, 0) is 68.3 Å². The fraction of sp³-hybridized carbons (Fsp3) is 0.562. The van der Waals surface area contributed by atoms with Gasteiger partial charge in [-0.25, -0.2) is 0 Å². The number of carbonyl (C=O) groups excluding carboxylic acids is 1. The maximum absolute atomic E-state index is 12.6. The lowest BCUT2D eigenvalue weighted by Crippen LogP contribution is -2.34. The maximum atomic E-state index is 12.6. The first kappa shape index (κ1) is 14.0. The largest absolute Gasteiger partial charge is 0.317 e. The number of anilines is 1. The highest BCUT2D eigenvalue weighted by molar-refractivity contribution is 7.98. The Labute approximate surface area is 125 Å². The van der Waals surface area contributed by atoms with Crippen LogP contribution in [0.5, 0.6) is 0 Å². The molecule has 1 saturated carbocycles. The molecule has 108 valence electrons. The first-order valence-electron chi connectivity index (χ1n) is 7.29. The summed E-state index contributed by atoms with van der Waals surface area (Å²) < 4.78 is 0. The molecular formula is C16H22N2OS. The van der Waals surface area contributed by atoms with Gasteiger partial charge in [0.05, 0.1) is 0 Å². The van der Waals surface area contributed by atoms with Crippen molar-refractivity contribution in [1.82, 2.24) is 5.32 Å². The Kier molecular flexibility index (Phi) is 3.78. The standard InChI is InChI=1S/C16H22N2OS/c1-18(12-3-5-13(20-2)6-4-12)15(19)14-11-16(14)7-9-17-10-8-16/h3-6,14,17H,7-11H2,1-2H3. The van der Waals surface area contributed by atoms with E-state index in [9.17, 15) is 4.79 Å². The normalized spacial score (nSPS) is 23.6. The number of thioether (sulfide) groups is 1. The number of amides is 1. The predicted octanol–water partition coefficient (Wildman–Crippen LogP) is 2.76. The molecule has 20 heavy (non-hydrogen) atoms. The molecule has 3 rings (SSSR count). The number of carbonyl (C=O) groups is 1. The molecule has 0 bridgehead atoms. The third-order valence-corrected chi connectivity index (χ3v) is 5.62. The van der Waals surface area contributed by atoms with Crippen molar-refractivity contribution in [2.45, 2.75) is 24.2 Å². The van der Waals surface area contributed by atoms with Gasteiger partial charge in [-0.15, -0.1) is 11.8 Å². The number of nitrogens with one attached hydrogen (secondary N) is 1. The van der Waals surface area contributed by atoms with Gasteiger partial charge in [0.25, 0.3) is 0 Å². The Morgan fingerprint density at radius 2 is 1.95 bits per heavy atom. The zero-order valence-corrected chi connectivity index (χ0v) is 13.0. The van der Waals surface area contributed by atoms with Crippen LogP contribution >= 0.6 is 11.8 Å². The van der Waals surface area contributed by atoms with E-state index in [4.69, 9.17) is 0 Å². The van der Waals surface area contributed by atoms with Gasteiger partial charge in [0.2, 0.25) is 5.91 Å². The average Bonchev–Trinajstić information content (AvgIpc) is 3.19. The van der Waals surface area contributed by atoms with Gasteiger partial charge in [-0.2, -0.15) is 0 Å². The molecule has 1 aromatic rings. The molecule has 1 aliphatic carbocycles. The molecule has 0 aromatic heterocycles. The molecule has 1 spiro atoms. The fourth-order valence-electron chi connectivity index (χ4n) is 3.34. The molecule has 1 unspecified atom stereocenters. The summed E-state index contributed by atoms with van der Waals surface area (Å²) in [7, 11) is 1.91. The molecule has 1 N–H and O–H groups in total. The van der Waals surface area contributed by atoms with E-state index in [0.29, 0.717) is 11.3 Å². The van der Waals surface area contributed by atoms with Crippen LogP contribution in [0.3, 0.4) is 0 Å². The van der Waals surface area contributed by atoms with E-state index in [1.807, 2.05) is 24.1 Å². The topological polar surface area (TPSA) is 32.3 Å². The van der Waals surface area contributed by atoms with Crippen molar-refractivity contribution in [3.63, 3.8) is 0 Å². The van der Waals surface area contributed by atoms with Crippen LogP contribution in [0.2, 0.25) is 0 Å². The van der Waals surface area contributed by atoms with E-state index >= 15 is 0 Å². The smallest absolute Gasteiger partial charge is 0.230 e. The van der Waals surface area contributed by atoms with E-state index in [0.717, 1.165) is 38.0 Å². The summed E-state index contributed by atoms with van der Waals surface area (Å²) in [5, 5.41) is 3.39. The first-order chi connectivity index (χ1) is 9.66. The van der Waals surface area contributed by atoms with Crippen molar-refractivity contribution in [3.05, 3.63) is 24.3 Å². The van der Waals surface area contributed by atoms with Crippen molar-refractivity contribution in [2.24, 2.45) is 11.3 Å².